The summed E-state index contributed by atoms with van der Waals surface area (Å²) in [5.74, 6) is -0.0221. The molecule has 1 N–H and O–H groups in total. The maximum atomic E-state index is 12.8. The monoisotopic (exact) mass is 410 g/mol. The van der Waals surface area contributed by atoms with Crippen LogP contribution in [0.2, 0.25) is 0 Å². The Morgan fingerprint density at radius 2 is 2.03 bits per heavy atom. The van der Waals surface area contributed by atoms with Crippen molar-refractivity contribution >= 4 is 17.2 Å². The van der Waals surface area contributed by atoms with Crippen LogP contribution in [0.4, 0.5) is 0 Å². The van der Waals surface area contributed by atoms with Crippen LogP contribution in [-0.2, 0) is 10.2 Å². The van der Waals surface area contributed by atoms with Crippen molar-refractivity contribution in [2.45, 2.75) is 44.2 Å². The summed E-state index contributed by atoms with van der Waals surface area (Å²) in [5.41, 5.74) is 4.60. The van der Waals surface area contributed by atoms with E-state index in [1.807, 2.05) is 16.8 Å². The Bertz CT molecular complexity index is 878. The summed E-state index contributed by atoms with van der Waals surface area (Å²) in [5, 5.41) is 7.12. The zero-order valence-electron chi connectivity index (χ0n) is 17.5. The number of carbonyl (C=O) groups is 1. The van der Waals surface area contributed by atoms with E-state index in [2.05, 4.69) is 54.4 Å². The quantitative estimate of drug-likeness (QED) is 0.736. The van der Waals surface area contributed by atoms with Crippen LogP contribution in [0.1, 0.15) is 54.2 Å². The van der Waals surface area contributed by atoms with Crippen LogP contribution in [0.3, 0.4) is 0 Å². The third-order valence-corrected chi connectivity index (χ3v) is 7.19. The van der Waals surface area contributed by atoms with E-state index in [0.29, 0.717) is 0 Å². The van der Waals surface area contributed by atoms with Gasteiger partial charge in [0.15, 0.2) is 0 Å². The number of hydrogen-bond acceptors (Lipinski definition) is 4. The molecule has 1 saturated heterocycles. The summed E-state index contributed by atoms with van der Waals surface area (Å²) >= 11 is 1.54. The maximum absolute atomic E-state index is 12.8. The number of amides is 1. The van der Waals surface area contributed by atoms with Crippen molar-refractivity contribution in [2.24, 2.45) is 0 Å². The second-order valence-corrected chi connectivity index (χ2v) is 9.22. The number of thiophene rings is 1. The number of nitrogens with one attached hydrogen (secondary N) is 1. The van der Waals surface area contributed by atoms with Crippen molar-refractivity contribution in [3.05, 3.63) is 69.4 Å². The first-order valence-corrected chi connectivity index (χ1v) is 11.3. The fourth-order valence-corrected chi connectivity index (χ4v) is 5.63. The number of nitrogens with zero attached hydrogens (tertiary/aromatic N) is 1. The van der Waals surface area contributed by atoms with Crippen LogP contribution < -0.4 is 5.32 Å². The number of methoxy groups -OCH3 is 1. The highest BCUT2D eigenvalue weighted by Gasteiger charge is 2.53. The van der Waals surface area contributed by atoms with Crippen molar-refractivity contribution in [3.8, 4) is 0 Å². The summed E-state index contributed by atoms with van der Waals surface area (Å²) < 4.78 is 6.11. The maximum Gasteiger partial charge on any atom is 0.252 e. The predicted octanol–water partition coefficient (Wildman–Crippen LogP) is 4.55. The van der Waals surface area contributed by atoms with Gasteiger partial charge in [0, 0.05) is 24.4 Å². The summed E-state index contributed by atoms with van der Waals surface area (Å²) in [6.07, 6.45) is 4.35. The molecule has 1 amide bonds. The second-order valence-electron chi connectivity index (χ2n) is 8.44. The van der Waals surface area contributed by atoms with Gasteiger partial charge in [0.2, 0.25) is 0 Å². The molecule has 2 atom stereocenters. The van der Waals surface area contributed by atoms with Gasteiger partial charge in [-0.2, -0.15) is 11.3 Å². The average molecular weight is 411 g/mol. The smallest absolute Gasteiger partial charge is 0.252 e. The largest absolute Gasteiger partial charge is 0.378 e. The number of rotatable bonds is 5. The van der Waals surface area contributed by atoms with E-state index in [4.69, 9.17) is 4.74 Å². The minimum Gasteiger partial charge on any atom is -0.378 e. The molecular weight excluding hydrogens is 380 g/mol. The van der Waals surface area contributed by atoms with Crippen molar-refractivity contribution in [2.75, 3.05) is 26.7 Å². The predicted molar refractivity (Wildman–Crippen MR) is 119 cm³/mol. The Balaban J connectivity index is 1.60. The van der Waals surface area contributed by atoms with Gasteiger partial charge in [-0.25, -0.2) is 0 Å². The lowest BCUT2D eigenvalue weighted by molar-refractivity contribution is -0.00977. The molecule has 0 unspecified atom stereocenters. The van der Waals surface area contributed by atoms with E-state index in [1.54, 1.807) is 18.4 Å². The molecule has 1 aromatic carbocycles. The molecule has 4 rings (SSSR count). The molecule has 2 aromatic rings. The van der Waals surface area contributed by atoms with Crippen LogP contribution in [0.25, 0.3) is 0 Å². The first kappa shape index (κ1) is 20.3. The molecule has 0 radical (unpaired) electrons. The highest BCUT2D eigenvalue weighted by Crippen LogP contribution is 2.52. The molecule has 1 aliphatic carbocycles. The van der Waals surface area contributed by atoms with E-state index >= 15 is 0 Å². The topological polar surface area (TPSA) is 41.6 Å². The van der Waals surface area contributed by atoms with Gasteiger partial charge in [0.25, 0.3) is 5.91 Å². The Morgan fingerprint density at radius 3 is 2.69 bits per heavy atom. The van der Waals surface area contributed by atoms with E-state index in [1.165, 1.54) is 16.7 Å². The Hall–Kier alpha value is -1.95. The number of fused-ring (bicyclic) bond motifs is 2. The van der Waals surface area contributed by atoms with Gasteiger partial charge in [-0.1, -0.05) is 35.9 Å². The van der Waals surface area contributed by atoms with Crippen molar-refractivity contribution in [1.29, 1.82) is 0 Å². The van der Waals surface area contributed by atoms with E-state index in [-0.39, 0.29) is 23.5 Å². The number of carbonyl (C=O) groups excluding carboxylic acids is 1. The van der Waals surface area contributed by atoms with Crippen molar-refractivity contribution in [1.82, 2.24) is 10.2 Å². The minimum atomic E-state index is -0.118. The molecule has 1 fully saturated rings. The standard InChI is InChI=1S/C24H30N2O2S/c1-17(2)8-12-26-13-10-24(11-14-26)20-7-5-4-6-19(20)21(22(24)28-3)25-23(27)18-9-15-29-16-18/h4-9,15-16,21-22H,10-14H2,1-3H3,(H,25,27)/t21-,22+/m1/s1. The molecule has 5 heteroatoms. The van der Waals surface area contributed by atoms with E-state index < -0.39 is 0 Å². The number of likely N-dealkylation sites (tertiary alicyclic amines) is 1. The lowest BCUT2D eigenvalue weighted by Gasteiger charge is -2.44. The molecular formula is C24H30N2O2S. The summed E-state index contributed by atoms with van der Waals surface area (Å²) in [7, 11) is 1.79. The molecule has 2 aliphatic rings. The third kappa shape index (κ3) is 3.79. The minimum absolute atomic E-state index is 0.0221. The van der Waals surface area contributed by atoms with Gasteiger partial charge < -0.3 is 10.1 Å². The molecule has 0 saturated carbocycles. The zero-order chi connectivity index (χ0) is 20.4. The van der Waals surface area contributed by atoms with Gasteiger partial charge >= 0.3 is 0 Å². The lowest BCUT2D eigenvalue weighted by atomic mass is 9.72. The van der Waals surface area contributed by atoms with E-state index in [9.17, 15) is 4.79 Å². The fourth-order valence-electron chi connectivity index (χ4n) is 4.99. The van der Waals surface area contributed by atoms with Crippen molar-refractivity contribution < 1.29 is 9.53 Å². The van der Waals surface area contributed by atoms with Gasteiger partial charge in [0.05, 0.1) is 17.7 Å². The number of hydrogen-bond donors (Lipinski definition) is 1. The Kier molecular flexibility index (Phi) is 5.91. The molecule has 1 aliphatic heterocycles. The molecule has 1 aromatic heterocycles. The SMILES string of the molecule is CO[C@H]1[C@H](NC(=O)c2ccsc2)c2ccccc2C12CCN(CC=C(C)C)CC2. The zero-order valence-corrected chi connectivity index (χ0v) is 18.3. The second kappa shape index (κ2) is 8.42. The molecule has 1 spiro atoms. The van der Waals surface area contributed by atoms with Gasteiger partial charge in [-0.3, -0.25) is 9.69 Å². The van der Waals surface area contributed by atoms with Gasteiger partial charge in [-0.05, 0) is 62.4 Å². The number of benzene rings is 1. The van der Waals surface area contributed by atoms with Gasteiger partial charge in [-0.15, -0.1) is 0 Å². The summed E-state index contributed by atoms with van der Waals surface area (Å²) in [6.45, 7) is 7.41. The van der Waals surface area contributed by atoms with E-state index in [0.717, 1.165) is 38.0 Å². The Morgan fingerprint density at radius 1 is 1.28 bits per heavy atom. The number of piperidine rings is 1. The first-order valence-electron chi connectivity index (χ1n) is 10.4. The fraction of sp³-hybridized carbons (Fsp3) is 0.458. The third-order valence-electron chi connectivity index (χ3n) is 6.51. The number of allylic oxidation sites excluding steroid dienone is 1. The highest BCUT2D eigenvalue weighted by molar-refractivity contribution is 7.08. The number of ether oxygens (including phenoxy) is 1. The molecule has 29 heavy (non-hydrogen) atoms. The van der Waals surface area contributed by atoms with Crippen LogP contribution in [0, 0.1) is 0 Å². The Labute approximate surface area is 177 Å². The molecule has 2 heterocycles. The molecule has 0 bridgehead atoms. The summed E-state index contributed by atoms with van der Waals surface area (Å²) in [6, 6.07) is 10.3. The lowest BCUT2D eigenvalue weighted by Crippen LogP contribution is -2.50. The van der Waals surface area contributed by atoms with Crippen LogP contribution in [-0.4, -0.2) is 43.7 Å². The normalized spacial score (nSPS) is 23.0. The first-order chi connectivity index (χ1) is 14.0. The molecule has 4 nitrogen and oxygen atoms in total. The summed E-state index contributed by atoms with van der Waals surface area (Å²) in [4.78, 5) is 15.3. The molecule has 154 valence electrons. The van der Waals surface area contributed by atoms with Crippen LogP contribution in [0.5, 0.6) is 0 Å². The van der Waals surface area contributed by atoms with Gasteiger partial charge in [0.1, 0.15) is 0 Å². The average Bonchev–Trinajstić information content (AvgIpc) is 3.34. The van der Waals surface area contributed by atoms with Crippen LogP contribution in [0.15, 0.2) is 52.7 Å². The highest BCUT2D eigenvalue weighted by atomic mass is 32.1. The van der Waals surface area contributed by atoms with Crippen LogP contribution >= 0.6 is 11.3 Å². The van der Waals surface area contributed by atoms with Crippen molar-refractivity contribution in [3.63, 3.8) is 0 Å².